The van der Waals surface area contributed by atoms with Crippen molar-refractivity contribution >= 4 is 40.8 Å². The third kappa shape index (κ3) is 5.50. The lowest BCUT2D eigenvalue weighted by Crippen LogP contribution is -2.34. The van der Waals surface area contributed by atoms with E-state index in [4.69, 9.17) is 27.9 Å². The molecule has 7 heteroatoms. The Kier molecular flexibility index (Phi) is 6.75. The molecular weight excluding hydrogens is 411 g/mol. The lowest BCUT2D eigenvalue weighted by atomic mass is 10.1. The molecule has 0 radical (unpaired) electrons. The van der Waals surface area contributed by atoms with Crippen LogP contribution in [0.1, 0.15) is 27.0 Å². The van der Waals surface area contributed by atoms with E-state index in [2.05, 4.69) is 10.6 Å². The lowest BCUT2D eigenvalue weighted by Gasteiger charge is -2.15. The molecule has 1 atom stereocenters. The van der Waals surface area contributed by atoms with Crippen LogP contribution in [0.4, 0.5) is 10.5 Å². The Morgan fingerprint density at radius 2 is 1.66 bits per heavy atom. The molecular formula is C22H18Cl2N2O3. The number of aryl methyl sites for hydroxylation is 1. The molecule has 3 rings (SSSR count). The molecule has 148 valence electrons. The number of amides is 3. The molecule has 0 aliphatic carbocycles. The number of ether oxygens (including phenoxy) is 1. The van der Waals surface area contributed by atoms with Crippen LogP contribution in [-0.2, 0) is 0 Å². The van der Waals surface area contributed by atoms with Crippen LogP contribution >= 0.6 is 23.2 Å². The predicted octanol–water partition coefficient (Wildman–Crippen LogP) is 5.93. The minimum atomic E-state index is -0.796. The molecule has 0 spiro atoms. The van der Waals surface area contributed by atoms with Crippen molar-refractivity contribution in [2.45, 2.75) is 12.5 Å². The maximum absolute atomic E-state index is 12.2. The minimum absolute atomic E-state index is 0.323. The zero-order valence-corrected chi connectivity index (χ0v) is 17.0. The molecule has 0 bridgehead atoms. The van der Waals surface area contributed by atoms with E-state index in [1.165, 1.54) is 0 Å². The highest BCUT2D eigenvalue weighted by atomic mass is 35.5. The molecule has 29 heavy (non-hydrogen) atoms. The summed E-state index contributed by atoms with van der Waals surface area (Å²) in [5.74, 6) is 0.125. The summed E-state index contributed by atoms with van der Waals surface area (Å²) in [6, 6.07) is 20.3. The number of hydrogen-bond acceptors (Lipinski definition) is 3. The molecule has 0 aliphatic heterocycles. The van der Waals surface area contributed by atoms with Gasteiger partial charge in [0.05, 0.1) is 5.02 Å². The van der Waals surface area contributed by atoms with Gasteiger partial charge in [-0.15, -0.1) is 0 Å². The number of alkyl halides is 1. The monoisotopic (exact) mass is 428 g/mol. The van der Waals surface area contributed by atoms with Crippen molar-refractivity contribution in [1.82, 2.24) is 5.32 Å². The van der Waals surface area contributed by atoms with Gasteiger partial charge in [-0.1, -0.05) is 65.7 Å². The Labute approximate surface area is 178 Å². The van der Waals surface area contributed by atoms with Crippen LogP contribution in [0.5, 0.6) is 5.75 Å². The molecule has 5 nitrogen and oxygen atoms in total. The van der Waals surface area contributed by atoms with Gasteiger partial charge in [0, 0.05) is 16.8 Å². The van der Waals surface area contributed by atoms with E-state index in [9.17, 15) is 9.59 Å². The van der Waals surface area contributed by atoms with Gasteiger partial charge in [0.1, 0.15) is 5.75 Å². The summed E-state index contributed by atoms with van der Waals surface area (Å²) < 4.78 is 5.65. The van der Waals surface area contributed by atoms with Crippen LogP contribution < -0.4 is 15.4 Å². The van der Waals surface area contributed by atoms with Gasteiger partial charge in [-0.3, -0.25) is 10.1 Å². The topological polar surface area (TPSA) is 67.4 Å². The molecule has 0 aromatic heterocycles. The standard InChI is InChI=1S/C22H18Cl2N2O3/c1-14-7-5-6-10-17(14)21(27)26-22(28)25-15-11-12-18(19(23)13-15)20(24)29-16-8-3-2-4-9-16/h2-13,20H,1H3,(H2,25,26,27,28). The van der Waals surface area contributed by atoms with Crippen LogP contribution in [0.15, 0.2) is 72.8 Å². The van der Waals surface area contributed by atoms with Crippen molar-refractivity contribution in [3.05, 3.63) is 94.5 Å². The van der Waals surface area contributed by atoms with Crippen molar-refractivity contribution in [1.29, 1.82) is 0 Å². The summed E-state index contributed by atoms with van der Waals surface area (Å²) >= 11 is 12.6. The second-order valence-corrected chi connectivity index (χ2v) is 7.01. The number of nitrogens with one attached hydrogen (secondary N) is 2. The van der Waals surface area contributed by atoms with E-state index >= 15 is 0 Å². The normalized spacial score (nSPS) is 11.4. The molecule has 3 amide bonds. The van der Waals surface area contributed by atoms with E-state index in [1.54, 1.807) is 55.5 Å². The summed E-state index contributed by atoms with van der Waals surface area (Å²) in [4.78, 5) is 24.4. The quantitative estimate of drug-likeness (QED) is 0.495. The fraction of sp³-hybridized carbons (Fsp3) is 0.0909. The first-order chi connectivity index (χ1) is 13.9. The molecule has 3 aromatic rings. The average Bonchev–Trinajstić information content (AvgIpc) is 2.69. The zero-order valence-electron chi connectivity index (χ0n) is 15.5. The van der Waals surface area contributed by atoms with Gasteiger partial charge in [-0.2, -0.15) is 0 Å². The van der Waals surface area contributed by atoms with Gasteiger partial charge in [0.15, 0.2) is 5.56 Å². The molecule has 3 aromatic carbocycles. The summed E-state index contributed by atoms with van der Waals surface area (Å²) in [5, 5.41) is 5.19. The Morgan fingerprint density at radius 3 is 2.34 bits per heavy atom. The minimum Gasteiger partial charge on any atom is -0.470 e. The second kappa shape index (κ2) is 9.45. The Bertz CT molecular complexity index is 1030. The largest absolute Gasteiger partial charge is 0.470 e. The number of carbonyl (C=O) groups is 2. The number of imide groups is 1. The van der Waals surface area contributed by atoms with Gasteiger partial charge in [0.25, 0.3) is 5.91 Å². The molecule has 2 N–H and O–H groups in total. The third-order valence-electron chi connectivity index (χ3n) is 4.10. The number of anilines is 1. The molecule has 0 aliphatic rings. The Balaban J connectivity index is 1.63. The maximum atomic E-state index is 12.2. The highest BCUT2D eigenvalue weighted by Crippen LogP contribution is 2.32. The van der Waals surface area contributed by atoms with Gasteiger partial charge in [0.2, 0.25) is 0 Å². The van der Waals surface area contributed by atoms with E-state index in [0.29, 0.717) is 27.6 Å². The maximum Gasteiger partial charge on any atom is 0.326 e. The highest BCUT2D eigenvalue weighted by molar-refractivity contribution is 6.33. The average molecular weight is 429 g/mol. The molecule has 0 heterocycles. The second-order valence-electron chi connectivity index (χ2n) is 6.21. The fourth-order valence-corrected chi connectivity index (χ4v) is 3.26. The number of hydrogen-bond donors (Lipinski definition) is 2. The third-order valence-corrected chi connectivity index (χ3v) is 4.75. The number of carbonyl (C=O) groups excluding carboxylic acids is 2. The van der Waals surface area contributed by atoms with Gasteiger partial charge >= 0.3 is 6.03 Å². The highest BCUT2D eigenvalue weighted by Gasteiger charge is 2.16. The van der Waals surface area contributed by atoms with E-state index in [0.717, 1.165) is 5.56 Å². The van der Waals surface area contributed by atoms with Gasteiger partial charge in [-0.05, 0) is 42.8 Å². The number of halogens is 2. The lowest BCUT2D eigenvalue weighted by molar-refractivity contribution is 0.0966. The first-order valence-electron chi connectivity index (χ1n) is 8.77. The van der Waals surface area contributed by atoms with Crippen LogP contribution in [-0.4, -0.2) is 11.9 Å². The van der Waals surface area contributed by atoms with Crippen molar-refractivity contribution in [2.24, 2.45) is 0 Å². The number of rotatable bonds is 5. The summed E-state index contributed by atoms with van der Waals surface area (Å²) in [5.41, 5.74) is 1.38. The van der Waals surface area contributed by atoms with Crippen molar-refractivity contribution in [2.75, 3.05) is 5.32 Å². The molecule has 0 saturated heterocycles. The van der Waals surface area contributed by atoms with E-state index in [1.807, 2.05) is 24.3 Å². The summed E-state index contributed by atoms with van der Waals surface area (Å²) in [7, 11) is 0. The number of urea groups is 1. The molecule has 1 unspecified atom stereocenters. The molecule has 0 saturated carbocycles. The van der Waals surface area contributed by atoms with Crippen LogP contribution in [0, 0.1) is 6.92 Å². The van der Waals surface area contributed by atoms with Crippen molar-refractivity contribution in [3.63, 3.8) is 0 Å². The predicted molar refractivity (Wildman–Crippen MR) is 115 cm³/mol. The van der Waals surface area contributed by atoms with E-state index in [-0.39, 0.29) is 0 Å². The number of benzene rings is 3. The molecule has 0 fully saturated rings. The van der Waals surface area contributed by atoms with Crippen molar-refractivity contribution < 1.29 is 14.3 Å². The zero-order chi connectivity index (χ0) is 20.8. The SMILES string of the molecule is Cc1ccccc1C(=O)NC(=O)Nc1ccc(C(Cl)Oc2ccccc2)c(Cl)c1. The summed E-state index contributed by atoms with van der Waals surface area (Å²) in [6.07, 6.45) is 0. The van der Waals surface area contributed by atoms with Crippen LogP contribution in [0.25, 0.3) is 0 Å². The Morgan fingerprint density at radius 1 is 0.966 bits per heavy atom. The van der Waals surface area contributed by atoms with Crippen molar-refractivity contribution in [3.8, 4) is 5.75 Å². The van der Waals surface area contributed by atoms with E-state index < -0.39 is 17.5 Å². The smallest absolute Gasteiger partial charge is 0.326 e. The fourth-order valence-electron chi connectivity index (χ4n) is 2.63. The number of para-hydroxylation sites is 1. The first kappa shape index (κ1) is 20.7. The van der Waals surface area contributed by atoms with Gasteiger partial charge in [-0.25, -0.2) is 4.79 Å². The Hall–Kier alpha value is -3.02. The van der Waals surface area contributed by atoms with Crippen LogP contribution in [0.2, 0.25) is 5.02 Å². The van der Waals surface area contributed by atoms with Gasteiger partial charge < -0.3 is 10.1 Å². The first-order valence-corrected chi connectivity index (χ1v) is 9.58. The summed E-state index contributed by atoms with van der Waals surface area (Å²) in [6.45, 7) is 1.80. The van der Waals surface area contributed by atoms with Crippen LogP contribution in [0.3, 0.4) is 0 Å².